The fourth-order valence-corrected chi connectivity index (χ4v) is 4.93. The lowest BCUT2D eigenvalue weighted by Crippen LogP contribution is -2.47. The number of rotatable bonds is 11. The molecule has 1 saturated heterocycles. The zero-order valence-corrected chi connectivity index (χ0v) is 23.7. The molecule has 0 bridgehead atoms. The van der Waals surface area contributed by atoms with Gasteiger partial charge >= 0.3 is 6.03 Å². The summed E-state index contributed by atoms with van der Waals surface area (Å²) in [5.41, 5.74) is 3.72. The van der Waals surface area contributed by atoms with E-state index in [1.807, 2.05) is 60.7 Å². The molecule has 212 valence electrons. The molecule has 1 fully saturated rings. The number of anilines is 4. The van der Waals surface area contributed by atoms with Crippen LogP contribution in [0.4, 0.5) is 27.5 Å². The van der Waals surface area contributed by atoms with Crippen LogP contribution in [0.15, 0.2) is 72.8 Å². The number of hydrogen-bond acceptors (Lipinski definition) is 6. The summed E-state index contributed by atoms with van der Waals surface area (Å²) in [6.07, 6.45) is 0. The lowest BCUT2D eigenvalue weighted by atomic mass is 10.1. The Bertz CT molecular complexity index is 1260. The van der Waals surface area contributed by atoms with Crippen LogP contribution in [0.5, 0.6) is 5.75 Å². The van der Waals surface area contributed by atoms with Gasteiger partial charge in [0.2, 0.25) is 0 Å². The van der Waals surface area contributed by atoms with Crippen molar-refractivity contribution < 1.29 is 14.3 Å². The standard InChI is InChI=1S/C31H40N6O3/c1-4-35(5-2)18-17-32-30(38)26-23-25(34-31(39)33-24-11-7-6-8-12-24)15-16-27(26)36-19-21-37(22-20-36)28-13-9-10-14-29(28)40-3/h6-16,23H,4-5,17-22H2,1-3H3,(H,32,38)(H2,33,34,39). The van der Waals surface area contributed by atoms with Gasteiger partial charge in [-0.1, -0.05) is 44.2 Å². The van der Waals surface area contributed by atoms with Crippen molar-refractivity contribution in [1.29, 1.82) is 0 Å². The average molecular weight is 545 g/mol. The van der Waals surface area contributed by atoms with E-state index in [-0.39, 0.29) is 11.9 Å². The van der Waals surface area contributed by atoms with Crippen molar-refractivity contribution >= 4 is 34.7 Å². The third-order valence-electron chi connectivity index (χ3n) is 7.18. The lowest BCUT2D eigenvalue weighted by Gasteiger charge is -2.38. The molecule has 0 unspecified atom stereocenters. The second kappa shape index (κ2) is 14.2. The molecule has 0 atom stereocenters. The zero-order chi connectivity index (χ0) is 28.3. The molecule has 1 aliphatic rings. The summed E-state index contributed by atoms with van der Waals surface area (Å²) < 4.78 is 5.56. The zero-order valence-electron chi connectivity index (χ0n) is 23.7. The highest BCUT2D eigenvalue weighted by Gasteiger charge is 2.24. The van der Waals surface area contributed by atoms with E-state index in [0.717, 1.165) is 62.9 Å². The van der Waals surface area contributed by atoms with Gasteiger partial charge in [0, 0.05) is 56.3 Å². The van der Waals surface area contributed by atoms with Crippen LogP contribution in [0.2, 0.25) is 0 Å². The highest BCUT2D eigenvalue weighted by Crippen LogP contribution is 2.31. The number of methoxy groups -OCH3 is 1. The molecule has 9 heteroatoms. The smallest absolute Gasteiger partial charge is 0.323 e. The van der Waals surface area contributed by atoms with Crippen LogP contribution in [0.1, 0.15) is 24.2 Å². The molecular weight excluding hydrogens is 504 g/mol. The number of benzene rings is 3. The molecule has 4 rings (SSSR count). The van der Waals surface area contributed by atoms with E-state index in [4.69, 9.17) is 4.74 Å². The number of hydrogen-bond donors (Lipinski definition) is 3. The Morgan fingerprint density at radius 1 is 0.800 bits per heavy atom. The van der Waals surface area contributed by atoms with Gasteiger partial charge in [0.15, 0.2) is 0 Å². The first kappa shape index (κ1) is 28.8. The second-order valence-corrected chi connectivity index (χ2v) is 9.61. The van der Waals surface area contributed by atoms with Gasteiger partial charge < -0.3 is 35.4 Å². The number of amides is 3. The first-order chi connectivity index (χ1) is 19.5. The first-order valence-corrected chi connectivity index (χ1v) is 13.9. The Morgan fingerprint density at radius 2 is 1.43 bits per heavy atom. The summed E-state index contributed by atoms with van der Waals surface area (Å²) in [6.45, 7) is 10.5. The highest BCUT2D eigenvalue weighted by atomic mass is 16.5. The third-order valence-corrected chi connectivity index (χ3v) is 7.18. The minimum absolute atomic E-state index is 0.151. The molecule has 0 aromatic heterocycles. The van der Waals surface area contributed by atoms with Crippen LogP contribution in [0.25, 0.3) is 0 Å². The topological polar surface area (TPSA) is 89.2 Å². The molecule has 3 aromatic carbocycles. The number of ether oxygens (including phenoxy) is 1. The van der Waals surface area contributed by atoms with E-state index in [2.05, 4.69) is 50.6 Å². The predicted octanol–water partition coefficient (Wildman–Crippen LogP) is 4.74. The van der Waals surface area contributed by atoms with E-state index < -0.39 is 0 Å². The summed E-state index contributed by atoms with van der Waals surface area (Å²) in [5.74, 6) is 0.704. The van der Waals surface area contributed by atoms with Gasteiger partial charge in [-0.05, 0) is 55.6 Å². The molecule has 0 radical (unpaired) electrons. The summed E-state index contributed by atoms with van der Waals surface area (Å²) in [4.78, 5) is 32.9. The Hall–Kier alpha value is -4.24. The number of likely N-dealkylation sites (N-methyl/N-ethyl adjacent to an activating group) is 1. The molecular formula is C31H40N6O3. The quantitative estimate of drug-likeness (QED) is 0.323. The molecule has 0 aliphatic carbocycles. The molecule has 3 N–H and O–H groups in total. The maximum absolute atomic E-state index is 13.5. The Kier molecular flexibility index (Phi) is 10.2. The summed E-state index contributed by atoms with van der Waals surface area (Å²) in [6, 6.07) is 22.5. The number of nitrogens with one attached hydrogen (secondary N) is 3. The van der Waals surface area contributed by atoms with Crippen LogP contribution in [-0.2, 0) is 0 Å². The van der Waals surface area contributed by atoms with Crippen molar-refractivity contribution in [1.82, 2.24) is 10.2 Å². The van der Waals surface area contributed by atoms with Gasteiger partial charge in [0.05, 0.1) is 18.4 Å². The van der Waals surface area contributed by atoms with E-state index in [0.29, 0.717) is 23.5 Å². The van der Waals surface area contributed by atoms with Crippen molar-refractivity contribution in [3.8, 4) is 5.75 Å². The SMILES string of the molecule is CCN(CC)CCNC(=O)c1cc(NC(=O)Nc2ccccc2)ccc1N1CCN(c2ccccc2OC)CC1. The molecule has 40 heavy (non-hydrogen) atoms. The van der Waals surface area contributed by atoms with Gasteiger partial charge in [-0.2, -0.15) is 0 Å². The fraction of sp³-hybridized carbons (Fsp3) is 0.355. The van der Waals surface area contributed by atoms with Gasteiger partial charge in [-0.15, -0.1) is 0 Å². The maximum atomic E-state index is 13.5. The van der Waals surface area contributed by atoms with Gasteiger partial charge in [-0.25, -0.2) is 4.79 Å². The van der Waals surface area contributed by atoms with E-state index in [1.165, 1.54) is 0 Å². The number of nitrogens with zero attached hydrogens (tertiary/aromatic N) is 3. The van der Waals surface area contributed by atoms with Crippen LogP contribution in [-0.4, -0.2) is 76.3 Å². The Balaban J connectivity index is 1.49. The van der Waals surface area contributed by atoms with Crippen LogP contribution >= 0.6 is 0 Å². The van der Waals surface area contributed by atoms with Crippen molar-refractivity contribution in [2.24, 2.45) is 0 Å². The number of para-hydroxylation sites is 3. The monoisotopic (exact) mass is 544 g/mol. The summed E-state index contributed by atoms with van der Waals surface area (Å²) >= 11 is 0. The summed E-state index contributed by atoms with van der Waals surface area (Å²) in [5, 5.41) is 8.78. The van der Waals surface area contributed by atoms with Crippen molar-refractivity contribution in [3.05, 3.63) is 78.4 Å². The number of carbonyl (C=O) groups is 2. The summed E-state index contributed by atoms with van der Waals surface area (Å²) in [7, 11) is 1.69. The van der Waals surface area contributed by atoms with E-state index >= 15 is 0 Å². The molecule has 9 nitrogen and oxygen atoms in total. The minimum Gasteiger partial charge on any atom is -0.495 e. The highest BCUT2D eigenvalue weighted by molar-refractivity contribution is 6.04. The van der Waals surface area contributed by atoms with Gasteiger partial charge in [0.25, 0.3) is 5.91 Å². The minimum atomic E-state index is -0.364. The molecule has 0 saturated carbocycles. The molecule has 1 aliphatic heterocycles. The van der Waals surface area contributed by atoms with Crippen LogP contribution in [0.3, 0.4) is 0 Å². The first-order valence-electron chi connectivity index (χ1n) is 13.9. The Labute approximate surface area is 237 Å². The molecule has 3 amide bonds. The predicted molar refractivity (Wildman–Crippen MR) is 163 cm³/mol. The van der Waals surface area contributed by atoms with Crippen molar-refractivity contribution in [2.75, 3.05) is 79.9 Å². The normalized spacial score (nSPS) is 13.2. The lowest BCUT2D eigenvalue weighted by molar-refractivity contribution is 0.0949. The third kappa shape index (κ3) is 7.45. The van der Waals surface area contributed by atoms with E-state index in [9.17, 15) is 9.59 Å². The number of carbonyl (C=O) groups excluding carboxylic acids is 2. The van der Waals surface area contributed by atoms with E-state index in [1.54, 1.807) is 13.2 Å². The van der Waals surface area contributed by atoms with Gasteiger partial charge in [0.1, 0.15) is 5.75 Å². The number of urea groups is 1. The second-order valence-electron chi connectivity index (χ2n) is 9.61. The largest absolute Gasteiger partial charge is 0.495 e. The van der Waals surface area contributed by atoms with Crippen molar-refractivity contribution in [3.63, 3.8) is 0 Å². The molecule has 1 heterocycles. The van der Waals surface area contributed by atoms with Crippen LogP contribution < -0.4 is 30.5 Å². The van der Waals surface area contributed by atoms with Crippen LogP contribution in [0, 0.1) is 0 Å². The fourth-order valence-electron chi connectivity index (χ4n) is 4.93. The molecule has 3 aromatic rings. The Morgan fingerprint density at radius 3 is 2.10 bits per heavy atom. The van der Waals surface area contributed by atoms with Gasteiger partial charge in [-0.3, -0.25) is 4.79 Å². The average Bonchev–Trinajstić information content (AvgIpc) is 2.99. The molecule has 0 spiro atoms. The maximum Gasteiger partial charge on any atom is 0.323 e. The number of piperazine rings is 1. The van der Waals surface area contributed by atoms with Crippen molar-refractivity contribution in [2.45, 2.75) is 13.8 Å².